The summed E-state index contributed by atoms with van der Waals surface area (Å²) in [5, 5.41) is 0. The van der Waals surface area contributed by atoms with Crippen LogP contribution in [0.3, 0.4) is 0 Å². The molecule has 0 N–H and O–H groups in total. The molecule has 0 aliphatic carbocycles. The summed E-state index contributed by atoms with van der Waals surface area (Å²) in [5.74, 6) is 5.01. The van der Waals surface area contributed by atoms with E-state index in [1.54, 1.807) is 0 Å². The molecule has 2 saturated heterocycles. The van der Waals surface area contributed by atoms with Crippen LogP contribution in [-0.4, -0.2) is 54.2 Å². The van der Waals surface area contributed by atoms with Crippen LogP contribution >= 0.6 is 11.8 Å². The summed E-state index contributed by atoms with van der Waals surface area (Å²) < 4.78 is 0. The van der Waals surface area contributed by atoms with Crippen molar-refractivity contribution < 1.29 is 4.79 Å². The lowest BCUT2D eigenvalue weighted by molar-refractivity contribution is -0.136. The highest BCUT2D eigenvalue weighted by molar-refractivity contribution is 7.99. The number of thioether (sulfide) groups is 1. The summed E-state index contributed by atoms with van der Waals surface area (Å²) >= 11 is 1.91. The molecule has 0 aromatic heterocycles. The highest BCUT2D eigenvalue weighted by atomic mass is 32.2. The predicted molar refractivity (Wildman–Crippen MR) is 99.9 cm³/mol. The Morgan fingerprint density at radius 2 is 1.92 bits per heavy atom. The predicted octanol–water partition coefficient (Wildman–Crippen LogP) is 2.97. The van der Waals surface area contributed by atoms with Crippen LogP contribution in [0.1, 0.15) is 19.3 Å². The molecule has 4 heteroatoms. The first kappa shape index (κ1) is 17.4. The highest BCUT2D eigenvalue weighted by Gasteiger charge is 2.32. The topological polar surface area (TPSA) is 23.6 Å². The molecule has 1 amide bonds. The first-order valence-corrected chi connectivity index (χ1v) is 9.87. The van der Waals surface area contributed by atoms with Crippen LogP contribution in [0.15, 0.2) is 35.2 Å². The quantitative estimate of drug-likeness (QED) is 0.607. The number of amides is 1. The molecule has 2 aliphatic rings. The van der Waals surface area contributed by atoms with Crippen LogP contribution in [0.5, 0.6) is 0 Å². The number of carbonyl (C=O) groups is 1. The number of terminal acetylenes is 1. The number of nitrogens with zero attached hydrogens (tertiary/aromatic N) is 2. The van der Waals surface area contributed by atoms with Crippen LogP contribution in [0.2, 0.25) is 0 Å². The molecule has 0 radical (unpaired) electrons. The van der Waals surface area contributed by atoms with Crippen molar-refractivity contribution >= 4 is 17.7 Å². The summed E-state index contributed by atoms with van der Waals surface area (Å²) in [6.07, 6.45) is 8.43. The van der Waals surface area contributed by atoms with Crippen molar-refractivity contribution in [2.24, 2.45) is 11.8 Å². The summed E-state index contributed by atoms with van der Waals surface area (Å²) in [6, 6.07) is 10.5. The molecule has 2 heterocycles. The van der Waals surface area contributed by atoms with E-state index in [2.05, 4.69) is 46.1 Å². The Bertz CT molecular complexity index is 575. The fraction of sp³-hybridized carbons (Fsp3) is 0.550. The van der Waals surface area contributed by atoms with Gasteiger partial charge in [-0.2, -0.15) is 0 Å². The minimum atomic E-state index is 0.208. The fourth-order valence-electron chi connectivity index (χ4n) is 3.62. The van der Waals surface area contributed by atoms with Crippen molar-refractivity contribution in [3.8, 4) is 12.3 Å². The fourth-order valence-corrected chi connectivity index (χ4v) is 4.67. The van der Waals surface area contributed by atoms with E-state index in [0.29, 0.717) is 18.4 Å². The van der Waals surface area contributed by atoms with E-state index in [-0.39, 0.29) is 5.92 Å². The van der Waals surface area contributed by atoms with E-state index in [1.807, 2.05) is 11.8 Å². The number of hydrogen-bond acceptors (Lipinski definition) is 3. The number of likely N-dealkylation sites (tertiary alicyclic amines) is 2. The molecular weight excluding hydrogens is 316 g/mol. The summed E-state index contributed by atoms with van der Waals surface area (Å²) in [4.78, 5) is 18.4. The third kappa shape index (κ3) is 4.55. The van der Waals surface area contributed by atoms with Gasteiger partial charge in [0.1, 0.15) is 0 Å². The molecule has 3 rings (SSSR count). The first-order valence-electron chi connectivity index (χ1n) is 8.88. The van der Waals surface area contributed by atoms with Crippen molar-refractivity contribution in [1.29, 1.82) is 0 Å². The largest absolute Gasteiger partial charge is 0.342 e. The van der Waals surface area contributed by atoms with Gasteiger partial charge < -0.3 is 4.90 Å². The number of rotatable bonds is 5. The Balaban J connectivity index is 1.42. The molecule has 1 aromatic rings. The zero-order valence-electron chi connectivity index (χ0n) is 14.2. The lowest BCUT2D eigenvalue weighted by atomic mass is 9.95. The van der Waals surface area contributed by atoms with E-state index in [4.69, 9.17) is 6.42 Å². The lowest BCUT2D eigenvalue weighted by Crippen LogP contribution is -2.42. The van der Waals surface area contributed by atoms with Crippen LogP contribution in [-0.2, 0) is 4.79 Å². The number of carbonyl (C=O) groups excluding carboxylic acids is 1. The molecule has 0 saturated carbocycles. The van der Waals surface area contributed by atoms with Gasteiger partial charge >= 0.3 is 0 Å². The van der Waals surface area contributed by atoms with Gasteiger partial charge in [-0.1, -0.05) is 24.1 Å². The van der Waals surface area contributed by atoms with Gasteiger partial charge in [0.2, 0.25) is 5.91 Å². The van der Waals surface area contributed by atoms with Gasteiger partial charge in [-0.05, 0) is 50.4 Å². The van der Waals surface area contributed by atoms with Gasteiger partial charge in [0.15, 0.2) is 0 Å². The van der Waals surface area contributed by atoms with Crippen molar-refractivity contribution in [3.63, 3.8) is 0 Å². The molecule has 3 nitrogen and oxygen atoms in total. The summed E-state index contributed by atoms with van der Waals surface area (Å²) in [6.45, 7) is 4.50. The van der Waals surface area contributed by atoms with Gasteiger partial charge in [0.25, 0.3) is 0 Å². The minimum Gasteiger partial charge on any atom is -0.342 e. The Morgan fingerprint density at radius 3 is 2.62 bits per heavy atom. The number of hydrogen-bond donors (Lipinski definition) is 0. The van der Waals surface area contributed by atoms with E-state index in [1.165, 1.54) is 4.90 Å². The standard InChI is InChI=1S/C20H26N2OS/c1-2-11-21-12-9-18(10-13-21)20(23)22-14-8-17(15-22)16-24-19-6-4-3-5-7-19/h1,3-7,17-18H,8-16H2/t17-/m0/s1. The van der Waals surface area contributed by atoms with Crippen LogP contribution in [0, 0.1) is 24.2 Å². The Labute approximate surface area is 149 Å². The third-order valence-corrected chi connectivity index (χ3v) is 6.32. The molecule has 2 aliphatic heterocycles. The Hall–Kier alpha value is -1.44. The van der Waals surface area contributed by atoms with Crippen molar-refractivity contribution in [2.45, 2.75) is 24.2 Å². The minimum absolute atomic E-state index is 0.208. The molecule has 24 heavy (non-hydrogen) atoms. The van der Waals surface area contributed by atoms with Gasteiger partial charge in [-0.15, -0.1) is 18.2 Å². The second-order valence-corrected chi connectivity index (χ2v) is 7.91. The maximum absolute atomic E-state index is 12.7. The molecular formula is C20H26N2OS. The van der Waals surface area contributed by atoms with Gasteiger partial charge in [0.05, 0.1) is 6.54 Å². The zero-order chi connectivity index (χ0) is 16.8. The number of piperidine rings is 1. The average Bonchev–Trinajstić information content (AvgIpc) is 3.10. The van der Waals surface area contributed by atoms with E-state index in [9.17, 15) is 4.79 Å². The molecule has 2 fully saturated rings. The van der Waals surface area contributed by atoms with Gasteiger partial charge in [-0.25, -0.2) is 0 Å². The van der Waals surface area contributed by atoms with Gasteiger partial charge in [-0.3, -0.25) is 9.69 Å². The molecule has 0 spiro atoms. The van der Waals surface area contributed by atoms with Crippen molar-refractivity contribution in [1.82, 2.24) is 9.80 Å². The van der Waals surface area contributed by atoms with Crippen molar-refractivity contribution in [3.05, 3.63) is 30.3 Å². The SMILES string of the molecule is C#CCN1CCC(C(=O)N2CC[C@H](CSc3ccccc3)C2)CC1. The molecule has 1 atom stereocenters. The second kappa shape index (κ2) is 8.60. The Kier molecular flexibility index (Phi) is 6.23. The first-order chi connectivity index (χ1) is 11.8. The van der Waals surface area contributed by atoms with E-state index < -0.39 is 0 Å². The van der Waals surface area contributed by atoms with E-state index >= 15 is 0 Å². The summed E-state index contributed by atoms with van der Waals surface area (Å²) in [5.41, 5.74) is 0. The van der Waals surface area contributed by atoms with Crippen molar-refractivity contribution in [2.75, 3.05) is 38.5 Å². The van der Waals surface area contributed by atoms with Crippen LogP contribution in [0.4, 0.5) is 0 Å². The average molecular weight is 343 g/mol. The number of benzene rings is 1. The lowest BCUT2D eigenvalue weighted by Gasteiger charge is -2.32. The third-order valence-electron chi connectivity index (χ3n) is 5.08. The maximum Gasteiger partial charge on any atom is 0.225 e. The zero-order valence-corrected chi connectivity index (χ0v) is 15.0. The second-order valence-electron chi connectivity index (χ2n) is 6.82. The smallest absolute Gasteiger partial charge is 0.225 e. The van der Waals surface area contributed by atoms with Crippen LogP contribution in [0.25, 0.3) is 0 Å². The van der Waals surface area contributed by atoms with E-state index in [0.717, 1.165) is 51.2 Å². The summed E-state index contributed by atoms with van der Waals surface area (Å²) in [7, 11) is 0. The molecule has 0 unspecified atom stereocenters. The maximum atomic E-state index is 12.7. The molecule has 1 aromatic carbocycles. The Morgan fingerprint density at radius 1 is 1.17 bits per heavy atom. The normalized spacial score (nSPS) is 22.5. The monoisotopic (exact) mass is 342 g/mol. The highest BCUT2D eigenvalue weighted by Crippen LogP contribution is 2.28. The van der Waals surface area contributed by atoms with Crippen LogP contribution < -0.4 is 0 Å². The molecule has 128 valence electrons. The van der Waals surface area contributed by atoms with Gasteiger partial charge in [0, 0.05) is 29.7 Å². The molecule has 0 bridgehead atoms.